The van der Waals surface area contributed by atoms with Gasteiger partial charge in [0.1, 0.15) is 5.82 Å². The Kier molecular flexibility index (Phi) is 5.14. The van der Waals surface area contributed by atoms with Crippen LogP contribution in [-0.4, -0.2) is 40.9 Å². The lowest BCUT2D eigenvalue weighted by atomic mass is 9.91. The quantitative estimate of drug-likeness (QED) is 0.866. The van der Waals surface area contributed by atoms with E-state index in [4.69, 9.17) is 14.0 Å². The molecule has 130 valence electrons. The minimum atomic E-state index is -0.326. The Labute approximate surface area is 140 Å². The Morgan fingerprint density at radius 3 is 2.96 bits per heavy atom. The topological polar surface area (TPSA) is 91.4 Å². The number of hydrogen-bond acceptors (Lipinski definition) is 6. The molecule has 2 aromatic rings. The maximum atomic E-state index is 12.6. The predicted octanol–water partition coefficient (Wildman–Crippen LogP) is 1.80. The molecule has 2 aromatic heterocycles. The number of rotatable bonds is 6. The molecule has 8 nitrogen and oxygen atoms in total. The highest BCUT2D eigenvalue weighted by Gasteiger charge is 2.31. The first-order valence-corrected chi connectivity index (χ1v) is 8.13. The minimum absolute atomic E-state index is 0.124. The summed E-state index contributed by atoms with van der Waals surface area (Å²) in [6.45, 7) is 4.23. The normalized spacial score (nSPS) is 16.8. The smallest absolute Gasteiger partial charge is 0.290 e. The average molecular weight is 334 g/mol. The van der Waals surface area contributed by atoms with Crippen LogP contribution in [0.25, 0.3) is 0 Å². The Morgan fingerprint density at radius 1 is 1.50 bits per heavy atom. The highest BCUT2D eigenvalue weighted by Crippen LogP contribution is 2.30. The number of imidazole rings is 1. The van der Waals surface area contributed by atoms with Crippen LogP contribution in [0.1, 0.15) is 42.2 Å². The molecule has 1 atom stereocenters. The molecule has 0 bridgehead atoms. The van der Waals surface area contributed by atoms with Gasteiger partial charge >= 0.3 is 0 Å². The van der Waals surface area contributed by atoms with Crippen molar-refractivity contribution >= 4 is 5.91 Å². The summed E-state index contributed by atoms with van der Waals surface area (Å²) in [5.41, 5.74) is 0. The monoisotopic (exact) mass is 334 g/mol. The summed E-state index contributed by atoms with van der Waals surface area (Å²) in [7, 11) is 1.47. The Balaban J connectivity index is 1.82. The summed E-state index contributed by atoms with van der Waals surface area (Å²) in [5, 5.41) is 6.72. The van der Waals surface area contributed by atoms with Crippen molar-refractivity contribution in [3.8, 4) is 5.88 Å². The molecular formula is C16H22N4O4. The molecular weight excluding hydrogens is 312 g/mol. The largest absolute Gasteiger partial charge is 0.479 e. The predicted molar refractivity (Wildman–Crippen MR) is 84.7 cm³/mol. The zero-order valence-electron chi connectivity index (χ0n) is 13.9. The third-order valence-electron chi connectivity index (χ3n) is 4.31. The molecule has 1 fully saturated rings. The number of carbonyl (C=O) groups excluding carboxylic acids is 1. The van der Waals surface area contributed by atoms with Crippen molar-refractivity contribution in [3.05, 3.63) is 30.0 Å². The molecule has 24 heavy (non-hydrogen) atoms. The van der Waals surface area contributed by atoms with Gasteiger partial charge in [0.15, 0.2) is 0 Å². The lowest BCUT2D eigenvalue weighted by Crippen LogP contribution is -2.37. The lowest BCUT2D eigenvalue weighted by Gasteiger charge is -2.30. The molecule has 1 aliphatic heterocycles. The van der Waals surface area contributed by atoms with E-state index in [0.717, 1.165) is 25.2 Å². The lowest BCUT2D eigenvalue weighted by molar-refractivity contribution is 0.0492. The molecule has 0 saturated carbocycles. The maximum absolute atomic E-state index is 12.6. The molecule has 0 radical (unpaired) electrons. The van der Waals surface area contributed by atoms with Gasteiger partial charge in [0.05, 0.1) is 19.2 Å². The molecule has 1 amide bonds. The summed E-state index contributed by atoms with van der Waals surface area (Å²) >= 11 is 0. The van der Waals surface area contributed by atoms with Gasteiger partial charge in [-0.15, -0.1) is 0 Å². The van der Waals surface area contributed by atoms with E-state index in [1.54, 1.807) is 6.20 Å². The van der Waals surface area contributed by atoms with Crippen molar-refractivity contribution in [2.75, 3.05) is 20.3 Å². The van der Waals surface area contributed by atoms with Crippen LogP contribution in [0.2, 0.25) is 0 Å². The van der Waals surface area contributed by atoms with Crippen molar-refractivity contribution < 1.29 is 18.8 Å². The van der Waals surface area contributed by atoms with Crippen LogP contribution in [-0.2, 0) is 11.3 Å². The van der Waals surface area contributed by atoms with Gasteiger partial charge in [0, 0.05) is 32.2 Å². The molecule has 0 aliphatic carbocycles. The van der Waals surface area contributed by atoms with Crippen molar-refractivity contribution in [2.24, 2.45) is 5.92 Å². The first-order valence-electron chi connectivity index (χ1n) is 8.13. The number of aromatic nitrogens is 3. The Hall–Kier alpha value is -2.35. The molecule has 1 aliphatic rings. The van der Waals surface area contributed by atoms with Crippen LogP contribution in [0.15, 0.2) is 23.0 Å². The van der Waals surface area contributed by atoms with E-state index in [1.165, 1.54) is 13.2 Å². The number of hydrogen-bond donors (Lipinski definition) is 1. The van der Waals surface area contributed by atoms with Crippen molar-refractivity contribution in [3.63, 3.8) is 0 Å². The van der Waals surface area contributed by atoms with Gasteiger partial charge in [-0.3, -0.25) is 4.79 Å². The van der Waals surface area contributed by atoms with E-state index in [9.17, 15) is 4.79 Å². The summed E-state index contributed by atoms with van der Waals surface area (Å²) in [4.78, 5) is 17.0. The molecule has 8 heteroatoms. The van der Waals surface area contributed by atoms with Crippen LogP contribution in [0.4, 0.5) is 0 Å². The third-order valence-corrected chi connectivity index (χ3v) is 4.31. The zero-order valence-corrected chi connectivity index (χ0v) is 13.9. The van der Waals surface area contributed by atoms with E-state index in [1.807, 2.05) is 10.8 Å². The second kappa shape index (κ2) is 7.48. The number of nitrogens with zero attached hydrogens (tertiary/aromatic N) is 3. The van der Waals surface area contributed by atoms with Gasteiger partial charge < -0.3 is 23.9 Å². The maximum Gasteiger partial charge on any atom is 0.290 e. The fourth-order valence-electron chi connectivity index (χ4n) is 2.98. The van der Waals surface area contributed by atoms with Crippen LogP contribution in [0.5, 0.6) is 5.88 Å². The highest BCUT2D eigenvalue weighted by molar-refractivity contribution is 5.91. The highest BCUT2D eigenvalue weighted by atomic mass is 16.5. The third kappa shape index (κ3) is 3.43. The number of amides is 1. The molecule has 3 rings (SSSR count). The second-order valence-corrected chi connectivity index (χ2v) is 5.71. The summed E-state index contributed by atoms with van der Waals surface area (Å²) in [6, 6.07) is 1.27. The van der Waals surface area contributed by atoms with E-state index in [2.05, 4.69) is 22.4 Å². The molecule has 0 aromatic carbocycles. The number of methoxy groups -OCH3 is 1. The fourth-order valence-corrected chi connectivity index (χ4v) is 2.98. The summed E-state index contributed by atoms with van der Waals surface area (Å²) in [5.74, 6) is 1.19. The van der Waals surface area contributed by atoms with Crippen LogP contribution >= 0.6 is 0 Å². The van der Waals surface area contributed by atoms with Gasteiger partial charge in [0.25, 0.3) is 11.8 Å². The fraction of sp³-hybridized carbons (Fsp3) is 0.562. The molecule has 3 heterocycles. The van der Waals surface area contributed by atoms with Gasteiger partial charge in [-0.2, -0.15) is 0 Å². The average Bonchev–Trinajstić information content (AvgIpc) is 3.29. The van der Waals surface area contributed by atoms with E-state index >= 15 is 0 Å². The van der Waals surface area contributed by atoms with Crippen LogP contribution in [0.3, 0.4) is 0 Å². The van der Waals surface area contributed by atoms with Crippen molar-refractivity contribution in [1.29, 1.82) is 0 Å². The molecule has 1 unspecified atom stereocenters. The Morgan fingerprint density at radius 2 is 2.29 bits per heavy atom. The molecule has 1 saturated heterocycles. The van der Waals surface area contributed by atoms with E-state index < -0.39 is 0 Å². The van der Waals surface area contributed by atoms with Crippen LogP contribution < -0.4 is 10.1 Å². The van der Waals surface area contributed by atoms with Crippen molar-refractivity contribution in [1.82, 2.24) is 20.0 Å². The molecule has 0 spiro atoms. The number of aryl methyl sites for hydroxylation is 1. The number of nitrogens with one attached hydrogen (secondary N) is 1. The van der Waals surface area contributed by atoms with E-state index in [0.29, 0.717) is 13.2 Å². The summed E-state index contributed by atoms with van der Waals surface area (Å²) < 4.78 is 17.5. The van der Waals surface area contributed by atoms with Crippen LogP contribution in [0, 0.1) is 5.92 Å². The van der Waals surface area contributed by atoms with Gasteiger partial charge in [-0.05, 0) is 30.8 Å². The second-order valence-electron chi connectivity index (χ2n) is 5.71. The first-order chi connectivity index (χ1) is 11.7. The van der Waals surface area contributed by atoms with E-state index in [-0.39, 0.29) is 29.5 Å². The van der Waals surface area contributed by atoms with Gasteiger partial charge in [-0.1, -0.05) is 0 Å². The number of carbonyl (C=O) groups is 1. The van der Waals surface area contributed by atoms with Crippen molar-refractivity contribution in [2.45, 2.75) is 32.4 Å². The van der Waals surface area contributed by atoms with Gasteiger partial charge in [0.2, 0.25) is 5.76 Å². The zero-order chi connectivity index (χ0) is 16.9. The molecule has 1 N–H and O–H groups in total. The van der Waals surface area contributed by atoms with Gasteiger partial charge in [-0.25, -0.2) is 4.98 Å². The Bertz CT molecular complexity index is 675. The number of ether oxygens (including phenoxy) is 2. The minimum Gasteiger partial charge on any atom is -0.479 e. The standard InChI is InChI=1S/C16H22N4O4/c1-3-20-7-6-17-15(20)14(11-4-8-23-9-5-11)18-16(21)12-10-13(22-2)19-24-12/h6-7,10-11,14H,3-5,8-9H2,1-2H3,(H,18,21). The summed E-state index contributed by atoms with van der Waals surface area (Å²) in [6.07, 6.45) is 5.43. The first kappa shape index (κ1) is 16.5. The SMILES string of the molecule is CCn1ccnc1C(NC(=O)c1cc(OC)no1)C1CCOCC1.